The zero-order valence-electron chi connectivity index (χ0n) is 22.7. The highest BCUT2D eigenvalue weighted by Gasteiger charge is 2.11. The lowest BCUT2D eigenvalue weighted by Gasteiger charge is -2.14. The molecule has 0 bridgehead atoms. The van der Waals surface area contributed by atoms with Crippen LogP contribution < -0.4 is 0 Å². The zero-order valence-corrected chi connectivity index (χ0v) is 22.7. The summed E-state index contributed by atoms with van der Waals surface area (Å²) in [4.78, 5) is 0. The fourth-order valence-electron chi connectivity index (χ4n) is 6.89. The molecule has 0 unspecified atom stereocenters. The lowest BCUT2D eigenvalue weighted by molar-refractivity contribution is 1.53. The number of hydrogen-bond acceptors (Lipinski definition) is 0. The second-order valence-corrected chi connectivity index (χ2v) is 11.0. The van der Waals surface area contributed by atoms with E-state index in [9.17, 15) is 0 Å². The second-order valence-electron chi connectivity index (χ2n) is 11.0. The third-order valence-corrected chi connectivity index (χ3v) is 8.81. The highest BCUT2D eigenvalue weighted by atomic mass is 14.1. The summed E-state index contributed by atoms with van der Waals surface area (Å²) >= 11 is 0. The molecule has 0 heteroatoms. The van der Waals surface area contributed by atoms with Gasteiger partial charge in [0.1, 0.15) is 0 Å². The minimum Gasteiger partial charge on any atom is -0.0616 e. The van der Waals surface area contributed by atoms with Gasteiger partial charge in [-0.2, -0.15) is 0 Å². The standard InChI is InChI=1S/C20H12.C20H16/c1-2-7-17-15(4-1)12-16-9-8-13-5-3-6-14-10-11-18(17)20(16)19(13)14;1-13-16-8-5-6-9-17(16)14(2)20-18(13)12-11-15-7-3-4-10-19(15)20/h1-12H;3-12H,1-2H3. The highest BCUT2D eigenvalue weighted by molar-refractivity contribution is 6.28. The van der Waals surface area contributed by atoms with Gasteiger partial charge in [0.05, 0.1) is 0 Å². The molecule has 9 aromatic carbocycles. The van der Waals surface area contributed by atoms with Gasteiger partial charge in [0, 0.05) is 0 Å². The topological polar surface area (TPSA) is 0 Å². The molecule has 9 rings (SSSR count). The van der Waals surface area contributed by atoms with Crippen LogP contribution in [0.4, 0.5) is 0 Å². The van der Waals surface area contributed by atoms with Crippen molar-refractivity contribution in [2.24, 2.45) is 0 Å². The summed E-state index contributed by atoms with van der Waals surface area (Å²) in [6, 6.07) is 48.4. The van der Waals surface area contributed by atoms with Crippen LogP contribution in [0.1, 0.15) is 11.1 Å². The number of benzene rings is 9. The summed E-state index contributed by atoms with van der Waals surface area (Å²) in [6.45, 7) is 4.48. The Morgan fingerprint density at radius 3 is 1.57 bits per heavy atom. The lowest BCUT2D eigenvalue weighted by Crippen LogP contribution is -1.89. The molecule has 0 spiro atoms. The molecular weight excluding hydrogens is 480 g/mol. The van der Waals surface area contributed by atoms with Crippen LogP contribution in [0.2, 0.25) is 0 Å². The van der Waals surface area contributed by atoms with E-state index in [1.165, 1.54) is 86.5 Å². The smallest absolute Gasteiger partial charge is 0.00204 e. The third kappa shape index (κ3) is 3.33. The molecule has 188 valence electrons. The van der Waals surface area contributed by atoms with Crippen LogP contribution in [0.5, 0.6) is 0 Å². The fourth-order valence-corrected chi connectivity index (χ4v) is 6.89. The molecule has 9 aromatic rings. The summed E-state index contributed by atoms with van der Waals surface area (Å²) in [5.41, 5.74) is 2.77. The van der Waals surface area contributed by atoms with Crippen molar-refractivity contribution in [3.63, 3.8) is 0 Å². The Labute approximate surface area is 233 Å². The van der Waals surface area contributed by atoms with Gasteiger partial charge in [-0.15, -0.1) is 0 Å². The SMILES string of the molecule is Cc1c2ccccc2c(C)c2c1ccc1ccccc12.c1ccc2c(c1)cc1ccc3cccc4ccc2c1c34. The Hall–Kier alpha value is -4.94. The van der Waals surface area contributed by atoms with Crippen LogP contribution in [0.25, 0.3) is 75.4 Å². The molecule has 0 amide bonds. The van der Waals surface area contributed by atoms with Gasteiger partial charge < -0.3 is 0 Å². The Balaban J connectivity index is 0.000000123. The molecule has 0 aromatic heterocycles. The molecule has 0 aliphatic carbocycles. The van der Waals surface area contributed by atoms with Crippen molar-refractivity contribution in [2.75, 3.05) is 0 Å². The molecule has 0 saturated carbocycles. The van der Waals surface area contributed by atoms with Crippen LogP contribution in [-0.2, 0) is 0 Å². The molecule has 0 fully saturated rings. The molecule has 0 N–H and O–H groups in total. The van der Waals surface area contributed by atoms with Crippen molar-refractivity contribution >= 4 is 75.4 Å². The van der Waals surface area contributed by atoms with Crippen LogP contribution in [-0.4, -0.2) is 0 Å². The molecular formula is C40H28. The Morgan fingerprint density at radius 1 is 0.275 bits per heavy atom. The van der Waals surface area contributed by atoms with E-state index in [1.54, 1.807) is 0 Å². The molecule has 0 aliphatic rings. The number of hydrogen-bond donors (Lipinski definition) is 0. The summed E-state index contributed by atoms with van der Waals surface area (Å²) in [6.07, 6.45) is 0. The molecule has 0 aliphatic heterocycles. The Bertz CT molecular complexity index is 2370. The highest BCUT2D eigenvalue weighted by Crippen LogP contribution is 2.38. The average molecular weight is 509 g/mol. The summed E-state index contributed by atoms with van der Waals surface area (Å²) in [7, 11) is 0. The van der Waals surface area contributed by atoms with Crippen molar-refractivity contribution in [2.45, 2.75) is 13.8 Å². The van der Waals surface area contributed by atoms with Crippen LogP contribution in [0.15, 0.2) is 133 Å². The third-order valence-electron chi connectivity index (χ3n) is 8.81. The monoisotopic (exact) mass is 508 g/mol. The lowest BCUT2D eigenvalue weighted by atomic mass is 9.90. The first-order valence-electron chi connectivity index (χ1n) is 14.0. The molecule has 0 heterocycles. The summed E-state index contributed by atoms with van der Waals surface area (Å²) in [5, 5.41) is 19.0. The van der Waals surface area contributed by atoms with Crippen LogP contribution in [0, 0.1) is 13.8 Å². The normalized spacial score (nSPS) is 11.8. The van der Waals surface area contributed by atoms with Crippen molar-refractivity contribution < 1.29 is 0 Å². The van der Waals surface area contributed by atoms with Gasteiger partial charge in [0.15, 0.2) is 0 Å². The maximum Gasteiger partial charge on any atom is -0.00204 e. The Kier molecular flexibility index (Phi) is 5.06. The number of fused-ring (bicyclic) bond motifs is 6. The average Bonchev–Trinajstić information content (AvgIpc) is 3.02. The molecule has 0 radical (unpaired) electrons. The van der Waals surface area contributed by atoms with Crippen molar-refractivity contribution in [3.05, 3.63) is 145 Å². The predicted molar refractivity (Wildman–Crippen MR) is 176 cm³/mol. The minimum absolute atomic E-state index is 1.32. The van der Waals surface area contributed by atoms with Gasteiger partial charge >= 0.3 is 0 Å². The summed E-state index contributed by atoms with van der Waals surface area (Å²) in [5.74, 6) is 0. The minimum atomic E-state index is 1.32. The van der Waals surface area contributed by atoms with E-state index in [-0.39, 0.29) is 0 Å². The van der Waals surface area contributed by atoms with E-state index >= 15 is 0 Å². The van der Waals surface area contributed by atoms with Gasteiger partial charge in [-0.1, -0.05) is 127 Å². The largest absolute Gasteiger partial charge is 0.0616 e. The first-order valence-corrected chi connectivity index (χ1v) is 14.0. The van der Waals surface area contributed by atoms with E-state index in [4.69, 9.17) is 0 Å². The quantitative estimate of drug-likeness (QED) is 0.141. The Morgan fingerprint density at radius 2 is 0.800 bits per heavy atom. The summed E-state index contributed by atoms with van der Waals surface area (Å²) < 4.78 is 0. The van der Waals surface area contributed by atoms with Crippen molar-refractivity contribution in [3.8, 4) is 0 Å². The van der Waals surface area contributed by atoms with Gasteiger partial charge in [-0.3, -0.25) is 0 Å². The van der Waals surface area contributed by atoms with Crippen molar-refractivity contribution in [1.82, 2.24) is 0 Å². The molecule has 40 heavy (non-hydrogen) atoms. The van der Waals surface area contributed by atoms with Gasteiger partial charge in [-0.25, -0.2) is 0 Å². The van der Waals surface area contributed by atoms with E-state index in [1.807, 2.05) is 0 Å². The molecule has 0 saturated heterocycles. The fraction of sp³-hybridized carbons (Fsp3) is 0.0500. The van der Waals surface area contributed by atoms with Crippen LogP contribution in [0.3, 0.4) is 0 Å². The second kappa shape index (κ2) is 8.79. The van der Waals surface area contributed by atoms with Gasteiger partial charge in [0.25, 0.3) is 0 Å². The predicted octanol–water partition coefficient (Wildman–Crippen LogP) is 11.5. The maximum absolute atomic E-state index is 2.31. The first-order chi connectivity index (χ1) is 19.7. The van der Waals surface area contributed by atoms with Gasteiger partial charge in [-0.05, 0) is 106 Å². The molecule has 0 nitrogen and oxygen atoms in total. The zero-order chi connectivity index (χ0) is 26.8. The van der Waals surface area contributed by atoms with E-state index in [0.717, 1.165) is 0 Å². The first kappa shape index (κ1) is 23.0. The number of aryl methyl sites for hydroxylation is 2. The maximum atomic E-state index is 2.31. The van der Waals surface area contributed by atoms with E-state index in [2.05, 4.69) is 147 Å². The van der Waals surface area contributed by atoms with Gasteiger partial charge in [0.2, 0.25) is 0 Å². The van der Waals surface area contributed by atoms with E-state index < -0.39 is 0 Å². The van der Waals surface area contributed by atoms with E-state index in [0.29, 0.717) is 0 Å². The number of rotatable bonds is 0. The molecule has 0 atom stereocenters. The van der Waals surface area contributed by atoms with Crippen LogP contribution >= 0.6 is 0 Å². The van der Waals surface area contributed by atoms with Crippen molar-refractivity contribution in [1.29, 1.82) is 0 Å².